The first-order valence-electron chi connectivity index (χ1n) is 8.55. The van der Waals surface area contributed by atoms with Crippen LogP contribution in [0.25, 0.3) is 11.3 Å². The van der Waals surface area contributed by atoms with Crippen molar-refractivity contribution >= 4 is 11.9 Å². The predicted molar refractivity (Wildman–Crippen MR) is 102 cm³/mol. The van der Waals surface area contributed by atoms with Gasteiger partial charge in [0.25, 0.3) is 5.91 Å². The highest BCUT2D eigenvalue weighted by Crippen LogP contribution is 2.22. The van der Waals surface area contributed by atoms with Crippen molar-refractivity contribution in [3.05, 3.63) is 53.3 Å². The Labute approximate surface area is 157 Å². The molecule has 0 aliphatic carbocycles. The molecule has 0 fully saturated rings. The van der Waals surface area contributed by atoms with E-state index in [1.54, 1.807) is 18.2 Å². The van der Waals surface area contributed by atoms with Gasteiger partial charge in [-0.05, 0) is 32.0 Å². The third-order valence-corrected chi connectivity index (χ3v) is 4.02. The third-order valence-electron chi connectivity index (χ3n) is 4.02. The number of hydrogen-bond donors (Lipinski definition) is 3. The van der Waals surface area contributed by atoms with E-state index in [-0.39, 0.29) is 17.9 Å². The Morgan fingerprint density at radius 1 is 1.26 bits per heavy atom. The number of rotatable bonds is 6. The van der Waals surface area contributed by atoms with Crippen molar-refractivity contribution in [2.24, 2.45) is 0 Å². The number of amides is 1. The van der Waals surface area contributed by atoms with Gasteiger partial charge in [0.05, 0.1) is 18.5 Å². The Morgan fingerprint density at radius 3 is 2.63 bits per heavy atom. The van der Waals surface area contributed by atoms with Crippen LogP contribution in [0, 0.1) is 6.92 Å². The van der Waals surface area contributed by atoms with Gasteiger partial charge in [-0.2, -0.15) is 10.1 Å². The van der Waals surface area contributed by atoms with Crippen molar-refractivity contribution in [1.82, 2.24) is 25.5 Å². The molecular formula is C19H22N6O2. The van der Waals surface area contributed by atoms with Gasteiger partial charge in [-0.15, -0.1) is 0 Å². The number of carbonyl (C=O) groups excluding carboxylic acids is 1. The topological polar surface area (TPSA) is 119 Å². The van der Waals surface area contributed by atoms with E-state index >= 15 is 0 Å². The molecule has 0 bridgehead atoms. The minimum atomic E-state index is -0.138. The first kappa shape index (κ1) is 18.4. The Morgan fingerprint density at radius 2 is 2.00 bits per heavy atom. The second-order valence-electron chi connectivity index (χ2n) is 6.35. The second kappa shape index (κ2) is 7.86. The van der Waals surface area contributed by atoms with E-state index in [1.807, 2.05) is 32.0 Å². The molecule has 8 nitrogen and oxygen atoms in total. The van der Waals surface area contributed by atoms with Crippen LogP contribution in [0.5, 0.6) is 5.88 Å². The van der Waals surface area contributed by atoms with Gasteiger partial charge in [0.15, 0.2) is 0 Å². The number of nitrogen functional groups attached to an aromatic ring is 1. The first-order valence-corrected chi connectivity index (χ1v) is 8.55. The summed E-state index contributed by atoms with van der Waals surface area (Å²) in [4.78, 5) is 20.6. The highest BCUT2D eigenvalue weighted by Gasteiger charge is 2.12. The predicted octanol–water partition coefficient (Wildman–Crippen LogP) is 2.13. The number of nitrogens with zero attached hydrogens (tertiary/aromatic N) is 3. The molecule has 8 heteroatoms. The van der Waals surface area contributed by atoms with E-state index in [0.29, 0.717) is 23.6 Å². The molecule has 0 aliphatic heterocycles. The van der Waals surface area contributed by atoms with Gasteiger partial charge in [-0.1, -0.05) is 12.1 Å². The average molecular weight is 366 g/mol. The lowest BCUT2D eigenvalue weighted by Gasteiger charge is -2.13. The molecule has 0 radical (unpaired) electrons. The molecule has 0 aliphatic rings. The Balaban J connectivity index is 1.67. The van der Waals surface area contributed by atoms with Gasteiger partial charge in [0, 0.05) is 35.3 Å². The minimum Gasteiger partial charge on any atom is -0.481 e. The quantitative estimate of drug-likeness (QED) is 0.615. The van der Waals surface area contributed by atoms with Crippen molar-refractivity contribution in [3.63, 3.8) is 0 Å². The number of aromatic nitrogens is 4. The Hall–Kier alpha value is -3.42. The van der Waals surface area contributed by atoms with E-state index < -0.39 is 0 Å². The van der Waals surface area contributed by atoms with Gasteiger partial charge >= 0.3 is 0 Å². The van der Waals surface area contributed by atoms with Crippen LogP contribution >= 0.6 is 0 Å². The van der Waals surface area contributed by atoms with Crippen LogP contribution in [0.1, 0.15) is 28.7 Å². The van der Waals surface area contributed by atoms with E-state index in [0.717, 1.165) is 17.0 Å². The van der Waals surface area contributed by atoms with Crippen molar-refractivity contribution < 1.29 is 9.53 Å². The lowest BCUT2D eigenvalue weighted by atomic mass is 10.1. The van der Waals surface area contributed by atoms with Crippen LogP contribution < -0.4 is 15.8 Å². The van der Waals surface area contributed by atoms with Gasteiger partial charge in [0.2, 0.25) is 11.8 Å². The lowest BCUT2D eigenvalue weighted by Crippen LogP contribution is -2.34. The van der Waals surface area contributed by atoms with Crippen LogP contribution in [0.4, 0.5) is 5.95 Å². The van der Waals surface area contributed by atoms with Crippen molar-refractivity contribution in [1.29, 1.82) is 0 Å². The highest BCUT2D eigenvalue weighted by atomic mass is 16.5. The molecule has 2 heterocycles. The maximum Gasteiger partial charge on any atom is 0.251 e. The SMILES string of the molecule is COc1cc(-c2ccc(C(=O)N[C@H](C)Cc3cc(C)[nH]n3)cc2)nc(N)n1. The fourth-order valence-corrected chi connectivity index (χ4v) is 2.74. The Kier molecular flexibility index (Phi) is 5.35. The maximum absolute atomic E-state index is 12.4. The zero-order valence-electron chi connectivity index (χ0n) is 15.5. The summed E-state index contributed by atoms with van der Waals surface area (Å²) in [5.41, 5.74) is 9.64. The number of anilines is 1. The number of aromatic amines is 1. The zero-order valence-corrected chi connectivity index (χ0v) is 15.5. The molecule has 1 atom stereocenters. The van der Waals surface area contributed by atoms with Crippen molar-refractivity contribution in [2.75, 3.05) is 12.8 Å². The van der Waals surface area contributed by atoms with Gasteiger partial charge < -0.3 is 15.8 Å². The molecule has 3 aromatic rings. The molecule has 0 saturated carbocycles. The molecule has 1 amide bonds. The summed E-state index contributed by atoms with van der Waals surface area (Å²) in [7, 11) is 1.52. The van der Waals surface area contributed by atoms with E-state index in [4.69, 9.17) is 10.5 Å². The largest absolute Gasteiger partial charge is 0.481 e. The summed E-state index contributed by atoms with van der Waals surface area (Å²) < 4.78 is 5.11. The lowest BCUT2D eigenvalue weighted by molar-refractivity contribution is 0.0940. The average Bonchev–Trinajstić information content (AvgIpc) is 3.05. The normalized spacial score (nSPS) is 11.8. The monoisotopic (exact) mass is 366 g/mol. The van der Waals surface area contributed by atoms with Gasteiger partial charge in [-0.25, -0.2) is 4.98 Å². The molecule has 0 unspecified atom stereocenters. The van der Waals surface area contributed by atoms with Gasteiger partial charge in [-0.3, -0.25) is 9.89 Å². The summed E-state index contributed by atoms with van der Waals surface area (Å²) in [6, 6.07) is 10.8. The number of nitrogens with two attached hydrogens (primary N) is 1. The number of nitrogens with one attached hydrogen (secondary N) is 2. The third kappa shape index (κ3) is 4.60. The number of benzene rings is 1. The molecule has 1 aromatic carbocycles. The first-order chi connectivity index (χ1) is 12.9. The van der Waals surface area contributed by atoms with Crippen LogP contribution in [0.2, 0.25) is 0 Å². The summed E-state index contributed by atoms with van der Waals surface area (Å²) in [5, 5.41) is 10.1. The van der Waals surface area contributed by atoms with Crippen LogP contribution in [0.15, 0.2) is 36.4 Å². The molecule has 2 aromatic heterocycles. The minimum absolute atomic E-state index is 0.0363. The fraction of sp³-hybridized carbons (Fsp3) is 0.263. The number of carbonyl (C=O) groups is 1. The molecule has 140 valence electrons. The molecule has 0 saturated heterocycles. The molecule has 0 spiro atoms. The number of ether oxygens (including phenoxy) is 1. The summed E-state index contributed by atoms with van der Waals surface area (Å²) in [6.07, 6.45) is 0.661. The summed E-state index contributed by atoms with van der Waals surface area (Å²) >= 11 is 0. The molecule has 4 N–H and O–H groups in total. The molecule has 27 heavy (non-hydrogen) atoms. The number of H-pyrrole nitrogens is 1. The smallest absolute Gasteiger partial charge is 0.251 e. The Bertz CT molecular complexity index is 936. The van der Waals surface area contributed by atoms with Gasteiger partial charge in [0.1, 0.15) is 0 Å². The van der Waals surface area contributed by atoms with Crippen LogP contribution in [-0.2, 0) is 6.42 Å². The van der Waals surface area contributed by atoms with E-state index in [2.05, 4.69) is 25.5 Å². The number of methoxy groups -OCH3 is 1. The van der Waals surface area contributed by atoms with Crippen molar-refractivity contribution in [3.8, 4) is 17.1 Å². The molecular weight excluding hydrogens is 344 g/mol. The zero-order chi connectivity index (χ0) is 19.4. The number of hydrogen-bond acceptors (Lipinski definition) is 6. The fourth-order valence-electron chi connectivity index (χ4n) is 2.74. The highest BCUT2D eigenvalue weighted by molar-refractivity contribution is 5.94. The summed E-state index contributed by atoms with van der Waals surface area (Å²) in [5.74, 6) is 0.386. The van der Waals surface area contributed by atoms with Crippen LogP contribution in [-0.4, -0.2) is 39.2 Å². The second-order valence-corrected chi connectivity index (χ2v) is 6.35. The van der Waals surface area contributed by atoms with E-state index in [1.165, 1.54) is 7.11 Å². The van der Waals surface area contributed by atoms with Crippen molar-refractivity contribution in [2.45, 2.75) is 26.3 Å². The summed E-state index contributed by atoms with van der Waals surface area (Å²) in [6.45, 7) is 3.90. The maximum atomic E-state index is 12.4. The van der Waals surface area contributed by atoms with E-state index in [9.17, 15) is 4.79 Å². The number of aryl methyl sites for hydroxylation is 1. The standard InChI is InChI=1S/C19H22N6O2/c1-11(8-15-9-12(2)24-25-15)21-18(26)14-6-4-13(5-7-14)16-10-17(27-3)23-19(20)22-16/h4-7,9-11H,8H2,1-3H3,(H,21,26)(H,24,25)(H2,20,22,23)/t11-/m1/s1. The molecule has 3 rings (SSSR count). The van der Waals surface area contributed by atoms with Crippen LogP contribution in [0.3, 0.4) is 0 Å².